The predicted octanol–water partition coefficient (Wildman–Crippen LogP) is 4.11. The molecule has 0 aliphatic carbocycles. The van der Waals surface area contributed by atoms with Crippen LogP contribution in [0, 0.1) is 5.41 Å². The average molecular weight is 225 g/mol. The van der Waals surface area contributed by atoms with Gasteiger partial charge in [0.1, 0.15) is 0 Å². The molecule has 0 radical (unpaired) electrons. The van der Waals surface area contributed by atoms with Gasteiger partial charge in [0, 0.05) is 13.0 Å². The molecular weight excluding hydrogens is 207 g/mol. The molecule has 0 saturated carbocycles. The van der Waals surface area contributed by atoms with Crippen LogP contribution in [0.15, 0.2) is 0 Å². The maximum atomic E-state index is 5.86. The normalized spacial score (nSPS) is 15.1. The van der Waals surface area contributed by atoms with Crippen LogP contribution in [-0.4, -0.2) is 13.8 Å². The van der Waals surface area contributed by atoms with Crippen molar-refractivity contribution >= 4 is 32.6 Å². The van der Waals surface area contributed by atoms with Crippen molar-refractivity contribution in [3.05, 3.63) is 0 Å². The molecule has 0 aromatic heterocycles. The van der Waals surface area contributed by atoms with Crippen LogP contribution in [0.1, 0.15) is 20.8 Å². The zero-order chi connectivity index (χ0) is 9.99. The van der Waals surface area contributed by atoms with Gasteiger partial charge in [-0.15, -0.1) is 0 Å². The second-order valence-corrected chi connectivity index (χ2v) is 10.4. The minimum Gasteiger partial charge on any atom is -0.384 e. The molecule has 12 heavy (non-hydrogen) atoms. The zero-order valence-electron chi connectivity index (χ0n) is 8.73. The van der Waals surface area contributed by atoms with Gasteiger partial charge in [-0.05, 0) is 19.6 Å². The molecule has 72 valence electrons. The molecule has 0 aromatic carbocycles. The highest BCUT2D eigenvalue weighted by Gasteiger charge is 2.25. The third-order valence-electron chi connectivity index (χ3n) is 1.12. The SMILES string of the molecule is CC(C)(C)C(O[Si](C)(C)C)=PCl. The summed E-state index contributed by atoms with van der Waals surface area (Å²) in [6.07, 6.45) is 0. The Morgan fingerprint density at radius 1 is 1.25 bits per heavy atom. The first-order valence-corrected chi connectivity index (χ1v) is 9.26. The van der Waals surface area contributed by atoms with Crippen molar-refractivity contribution < 1.29 is 4.43 Å². The Kier molecular flexibility index (Phi) is 4.46. The summed E-state index contributed by atoms with van der Waals surface area (Å²) < 4.78 is 5.86. The van der Waals surface area contributed by atoms with Crippen molar-refractivity contribution in [1.82, 2.24) is 0 Å². The van der Waals surface area contributed by atoms with Crippen molar-refractivity contribution in [2.45, 2.75) is 40.4 Å². The van der Waals surface area contributed by atoms with E-state index in [-0.39, 0.29) is 5.41 Å². The highest BCUT2D eigenvalue weighted by molar-refractivity contribution is 7.69. The standard InChI is InChI=1S/C8H18ClOPSi/c1-8(2,3)7(11-9)10-12(4,5)6/h1-6H3. The molecule has 0 N–H and O–H groups in total. The van der Waals surface area contributed by atoms with E-state index >= 15 is 0 Å². The van der Waals surface area contributed by atoms with Gasteiger partial charge in [0.2, 0.25) is 0 Å². The van der Waals surface area contributed by atoms with Gasteiger partial charge in [-0.25, -0.2) is 0 Å². The molecule has 1 nitrogen and oxygen atoms in total. The van der Waals surface area contributed by atoms with Gasteiger partial charge in [-0.1, -0.05) is 32.0 Å². The lowest BCUT2D eigenvalue weighted by Gasteiger charge is -2.27. The lowest BCUT2D eigenvalue weighted by atomic mass is 9.99. The Labute approximate surface area is 83.2 Å². The van der Waals surface area contributed by atoms with E-state index in [9.17, 15) is 0 Å². The Morgan fingerprint density at radius 3 is 1.75 bits per heavy atom. The van der Waals surface area contributed by atoms with Crippen molar-refractivity contribution in [3.8, 4) is 0 Å². The lowest BCUT2D eigenvalue weighted by molar-refractivity contribution is 0.447. The summed E-state index contributed by atoms with van der Waals surface area (Å²) in [5, 5.41) is 0. The number of hydrogen-bond donors (Lipinski definition) is 0. The van der Waals surface area contributed by atoms with Gasteiger partial charge in [0.25, 0.3) is 0 Å². The minimum absolute atomic E-state index is 0.0591. The summed E-state index contributed by atoms with van der Waals surface area (Å²) in [7, 11) is -0.739. The second-order valence-electron chi connectivity index (χ2n) is 4.85. The molecule has 0 amide bonds. The van der Waals surface area contributed by atoms with Crippen LogP contribution in [0.3, 0.4) is 0 Å². The lowest BCUT2D eigenvalue weighted by Crippen LogP contribution is -2.34. The van der Waals surface area contributed by atoms with Crippen molar-refractivity contribution in [2.75, 3.05) is 0 Å². The van der Waals surface area contributed by atoms with Crippen LogP contribution in [-0.2, 0) is 4.43 Å². The number of halogens is 1. The Balaban J connectivity index is 4.43. The number of hydrogen-bond acceptors (Lipinski definition) is 1. The topological polar surface area (TPSA) is 9.23 Å². The third-order valence-corrected chi connectivity index (χ3v) is 3.49. The van der Waals surface area contributed by atoms with Gasteiger partial charge in [-0.3, -0.25) is 0 Å². The molecule has 0 fully saturated rings. The molecule has 0 bridgehead atoms. The van der Waals surface area contributed by atoms with Crippen LogP contribution in [0.2, 0.25) is 19.6 Å². The molecule has 0 unspecified atom stereocenters. The molecule has 0 heterocycles. The van der Waals surface area contributed by atoms with Crippen molar-refractivity contribution in [2.24, 2.45) is 5.41 Å². The largest absolute Gasteiger partial charge is 0.384 e. The summed E-state index contributed by atoms with van der Waals surface area (Å²) in [4.78, 5) is 0. The Bertz CT molecular complexity index is 178. The summed E-state index contributed by atoms with van der Waals surface area (Å²) in [6, 6.07) is 0. The summed E-state index contributed by atoms with van der Waals surface area (Å²) in [5.74, 6) is 0. The zero-order valence-corrected chi connectivity index (χ0v) is 11.4. The van der Waals surface area contributed by atoms with Crippen molar-refractivity contribution in [1.29, 1.82) is 0 Å². The van der Waals surface area contributed by atoms with E-state index in [2.05, 4.69) is 40.4 Å². The first kappa shape index (κ1) is 12.6. The van der Waals surface area contributed by atoms with Crippen LogP contribution in [0.25, 0.3) is 0 Å². The highest BCUT2D eigenvalue weighted by Crippen LogP contribution is 2.26. The quantitative estimate of drug-likeness (QED) is 0.507. The maximum absolute atomic E-state index is 5.86. The average Bonchev–Trinajstić information content (AvgIpc) is 1.78. The van der Waals surface area contributed by atoms with Gasteiger partial charge < -0.3 is 4.43 Å². The predicted molar refractivity (Wildman–Crippen MR) is 61.7 cm³/mol. The third kappa shape index (κ3) is 5.31. The van der Waals surface area contributed by atoms with Crippen LogP contribution < -0.4 is 0 Å². The Hall–Kier alpha value is 0.637. The van der Waals surface area contributed by atoms with Crippen molar-refractivity contribution in [3.63, 3.8) is 0 Å². The molecule has 0 aromatic rings. The maximum Gasteiger partial charge on any atom is 0.191 e. The van der Waals surface area contributed by atoms with E-state index in [4.69, 9.17) is 15.7 Å². The van der Waals surface area contributed by atoms with E-state index < -0.39 is 8.32 Å². The number of rotatable bonds is 2. The fourth-order valence-electron chi connectivity index (χ4n) is 0.587. The van der Waals surface area contributed by atoms with E-state index in [1.807, 2.05) is 0 Å². The van der Waals surface area contributed by atoms with E-state index in [0.29, 0.717) is 0 Å². The van der Waals surface area contributed by atoms with E-state index in [1.165, 1.54) is 0 Å². The summed E-state index contributed by atoms with van der Waals surface area (Å²) >= 11 is 5.79. The molecule has 0 saturated heterocycles. The Morgan fingerprint density at radius 2 is 1.67 bits per heavy atom. The molecule has 0 atom stereocenters. The van der Waals surface area contributed by atoms with E-state index in [1.54, 1.807) is 0 Å². The van der Waals surface area contributed by atoms with Gasteiger partial charge >= 0.3 is 0 Å². The second kappa shape index (κ2) is 4.23. The smallest absolute Gasteiger partial charge is 0.191 e. The monoisotopic (exact) mass is 224 g/mol. The van der Waals surface area contributed by atoms with Gasteiger partial charge in [0.05, 0.1) is 5.48 Å². The molecule has 0 aliphatic heterocycles. The van der Waals surface area contributed by atoms with Gasteiger partial charge in [0.15, 0.2) is 8.32 Å². The molecule has 0 spiro atoms. The van der Waals surface area contributed by atoms with Gasteiger partial charge in [-0.2, -0.15) is 0 Å². The van der Waals surface area contributed by atoms with Crippen LogP contribution in [0.5, 0.6) is 0 Å². The fourth-order valence-corrected chi connectivity index (χ4v) is 3.76. The van der Waals surface area contributed by atoms with Crippen LogP contribution in [0.4, 0.5) is 0 Å². The van der Waals surface area contributed by atoms with Crippen LogP contribution >= 0.6 is 18.8 Å². The highest BCUT2D eigenvalue weighted by atomic mass is 35.7. The first-order chi connectivity index (χ1) is 5.17. The minimum atomic E-state index is -1.48. The fraction of sp³-hybridized carbons (Fsp3) is 0.875. The summed E-state index contributed by atoms with van der Waals surface area (Å²) in [5.41, 5.74) is 1.05. The van der Waals surface area contributed by atoms with E-state index in [0.717, 1.165) is 13.0 Å². The first-order valence-electron chi connectivity index (χ1n) is 4.05. The molecule has 0 aliphatic rings. The summed E-state index contributed by atoms with van der Waals surface area (Å²) in [6.45, 7) is 12.9. The molecule has 0 rings (SSSR count). The molecule has 4 heteroatoms. The molecular formula is C8H18ClOPSi.